The first-order chi connectivity index (χ1) is 10.1. The van der Waals surface area contributed by atoms with Gasteiger partial charge in [0.2, 0.25) is 0 Å². The molecule has 4 nitrogen and oxygen atoms in total. The maximum absolute atomic E-state index is 12.6. The number of phenolic OH excluding ortho intramolecular Hbond substituents is 2. The zero-order valence-corrected chi connectivity index (χ0v) is 11.8. The van der Waals surface area contributed by atoms with Gasteiger partial charge in [0.25, 0.3) is 5.91 Å². The summed E-state index contributed by atoms with van der Waals surface area (Å²) < 4.78 is 0. The maximum Gasteiger partial charge on any atom is 0.258 e. The van der Waals surface area contributed by atoms with Gasteiger partial charge in [-0.1, -0.05) is 30.3 Å². The number of hydrogen-bond donors (Lipinski definition) is 2. The third-order valence-electron chi connectivity index (χ3n) is 4.13. The molecule has 0 bridgehead atoms. The van der Waals surface area contributed by atoms with E-state index in [0.717, 1.165) is 18.4 Å². The van der Waals surface area contributed by atoms with E-state index in [9.17, 15) is 15.0 Å². The number of amides is 1. The van der Waals surface area contributed by atoms with Crippen molar-refractivity contribution in [1.29, 1.82) is 0 Å². The summed E-state index contributed by atoms with van der Waals surface area (Å²) in [5.41, 5.74) is 2.55. The normalized spacial score (nSPS) is 16.5. The van der Waals surface area contributed by atoms with Crippen molar-refractivity contribution in [1.82, 2.24) is 4.90 Å². The van der Waals surface area contributed by atoms with Crippen LogP contribution in [0.1, 0.15) is 33.9 Å². The second-order valence-electron chi connectivity index (χ2n) is 5.34. The monoisotopic (exact) mass is 283 g/mol. The molecule has 2 N–H and O–H groups in total. The Balaban J connectivity index is 1.91. The molecule has 0 radical (unpaired) electrons. The molecular formula is C17H17NO3. The first-order valence-electron chi connectivity index (χ1n) is 6.95. The van der Waals surface area contributed by atoms with E-state index in [0.29, 0.717) is 0 Å². The molecule has 2 aromatic carbocycles. The molecule has 1 aliphatic carbocycles. The van der Waals surface area contributed by atoms with Gasteiger partial charge >= 0.3 is 0 Å². The number of fused-ring (bicyclic) bond motifs is 1. The van der Waals surface area contributed by atoms with Crippen LogP contribution in [0, 0.1) is 0 Å². The van der Waals surface area contributed by atoms with Gasteiger partial charge in [-0.2, -0.15) is 0 Å². The summed E-state index contributed by atoms with van der Waals surface area (Å²) in [4.78, 5) is 14.2. The fourth-order valence-electron chi connectivity index (χ4n) is 2.97. The topological polar surface area (TPSA) is 60.8 Å². The molecule has 4 heteroatoms. The van der Waals surface area contributed by atoms with Crippen LogP contribution in [0.3, 0.4) is 0 Å². The lowest BCUT2D eigenvalue weighted by molar-refractivity contribution is 0.0727. The maximum atomic E-state index is 12.6. The van der Waals surface area contributed by atoms with Gasteiger partial charge in [0.15, 0.2) is 11.5 Å². The van der Waals surface area contributed by atoms with E-state index in [4.69, 9.17) is 0 Å². The molecule has 1 amide bonds. The summed E-state index contributed by atoms with van der Waals surface area (Å²) in [7, 11) is 1.73. The van der Waals surface area contributed by atoms with Crippen molar-refractivity contribution in [3.8, 4) is 11.5 Å². The largest absolute Gasteiger partial charge is 0.504 e. The smallest absolute Gasteiger partial charge is 0.258 e. The Bertz CT molecular complexity index is 696. The number of phenols is 2. The first-order valence-corrected chi connectivity index (χ1v) is 6.95. The molecule has 108 valence electrons. The predicted octanol–water partition coefficient (Wildman–Crippen LogP) is 2.86. The first kappa shape index (κ1) is 13.5. The zero-order valence-electron chi connectivity index (χ0n) is 11.8. The predicted molar refractivity (Wildman–Crippen MR) is 79.4 cm³/mol. The fourth-order valence-corrected chi connectivity index (χ4v) is 2.97. The number of aromatic hydroxyl groups is 2. The summed E-state index contributed by atoms with van der Waals surface area (Å²) >= 11 is 0. The van der Waals surface area contributed by atoms with E-state index in [2.05, 4.69) is 6.07 Å². The van der Waals surface area contributed by atoms with E-state index in [1.165, 1.54) is 17.7 Å². The second-order valence-corrected chi connectivity index (χ2v) is 5.34. The number of nitrogens with zero attached hydrogens (tertiary/aromatic N) is 1. The molecule has 0 spiro atoms. The SMILES string of the molecule is CN(C(=O)c1cccc(O)c1O)C1CCc2ccccc21. The molecule has 2 aromatic rings. The molecule has 3 rings (SSSR count). The van der Waals surface area contributed by atoms with Crippen LogP contribution in [0.25, 0.3) is 0 Å². The molecule has 0 aromatic heterocycles. The molecule has 0 saturated heterocycles. The van der Waals surface area contributed by atoms with Crippen LogP contribution in [0.2, 0.25) is 0 Å². The molecule has 1 unspecified atom stereocenters. The second kappa shape index (κ2) is 5.13. The highest BCUT2D eigenvalue weighted by Gasteiger charge is 2.30. The van der Waals surface area contributed by atoms with Gasteiger partial charge in [-0.3, -0.25) is 4.79 Å². The molecule has 1 atom stereocenters. The van der Waals surface area contributed by atoms with Crippen LogP contribution in [-0.2, 0) is 6.42 Å². The third-order valence-corrected chi connectivity index (χ3v) is 4.13. The number of carbonyl (C=O) groups is 1. The average molecular weight is 283 g/mol. The summed E-state index contributed by atoms with van der Waals surface area (Å²) in [5.74, 6) is -0.924. The highest BCUT2D eigenvalue weighted by Crippen LogP contribution is 2.37. The Hall–Kier alpha value is -2.49. The summed E-state index contributed by atoms with van der Waals surface area (Å²) in [6.45, 7) is 0. The van der Waals surface area contributed by atoms with E-state index in [1.54, 1.807) is 18.0 Å². The van der Waals surface area contributed by atoms with Crippen molar-refractivity contribution in [2.24, 2.45) is 0 Å². The number of carbonyl (C=O) groups excluding carboxylic acids is 1. The standard InChI is InChI=1S/C17H17NO3/c1-18(14-10-9-11-5-2-3-6-12(11)14)17(21)13-7-4-8-15(19)16(13)20/h2-8,14,19-20H,9-10H2,1H3. The van der Waals surface area contributed by atoms with Crippen molar-refractivity contribution in [2.75, 3.05) is 7.05 Å². The lowest BCUT2D eigenvalue weighted by Crippen LogP contribution is -2.30. The third kappa shape index (κ3) is 2.23. The number of rotatable bonds is 2. The van der Waals surface area contributed by atoms with Crippen LogP contribution in [-0.4, -0.2) is 28.1 Å². The van der Waals surface area contributed by atoms with E-state index in [1.807, 2.05) is 18.2 Å². The summed E-state index contributed by atoms with van der Waals surface area (Å²) in [6, 6.07) is 12.5. The van der Waals surface area contributed by atoms with Crippen LogP contribution in [0.15, 0.2) is 42.5 Å². The van der Waals surface area contributed by atoms with E-state index in [-0.39, 0.29) is 29.0 Å². The molecule has 1 aliphatic rings. The Morgan fingerprint density at radius 1 is 1.14 bits per heavy atom. The van der Waals surface area contributed by atoms with Crippen LogP contribution in [0.5, 0.6) is 11.5 Å². The van der Waals surface area contributed by atoms with Gasteiger partial charge < -0.3 is 15.1 Å². The minimum atomic E-state index is -0.361. The minimum absolute atomic E-state index is 0.00967. The molecule has 0 saturated carbocycles. The zero-order chi connectivity index (χ0) is 15.0. The van der Waals surface area contributed by atoms with Crippen molar-refractivity contribution in [2.45, 2.75) is 18.9 Å². The number of hydrogen-bond acceptors (Lipinski definition) is 3. The van der Waals surface area contributed by atoms with E-state index >= 15 is 0 Å². The fraction of sp³-hybridized carbons (Fsp3) is 0.235. The van der Waals surface area contributed by atoms with Gasteiger partial charge in [0.1, 0.15) is 0 Å². The lowest BCUT2D eigenvalue weighted by Gasteiger charge is -2.26. The quantitative estimate of drug-likeness (QED) is 0.833. The van der Waals surface area contributed by atoms with Crippen molar-refractivity contribution in [3.63, 3.8) is 0 Å². The average Bonchev–Trinajstić information content (AvgIpc) is 2.92. The highest BCUT2D eigenvalue weighted by molar-refractivity contribution is 5.97. The van der Waals surface area contributed by atoms with Gasteiger partial charge in [-0.05, 0) is 36.1 Å². The Morgan fingerprint density at radius 3 is 2.71 bits per heavy atom. The van der Waals surface area contributed by atoms with Gasteiger partial charge in [-0.15, -0.1) is 0 Å². The van der Waals surface area contributed by atoms with Crippen molar-refractivity contribution >= 4 is 5.91 Å². The number of aryl methyl sites for hydroxylation is 1. The van der Waals surface area contributed by atoms with Crippen LogP contribution in [0.4, 0.5) is 0 Å². The molecule has 21 heavy (non-hydrogen) atoms. The minimum Gasteiger partial charge on any atom is -0.504 e. The summed E-state index contributed by atoms with van der Waals surface area (Å²) in [6.07, 6.45) is 1.83. The van der Waals surface area contributed by atoms with Crippen LogP contribution >= 0.6 is 0 Å². The van der Waals surface area contributed by atoms with Crippen molar-refractivity contribution in [3.05, 3.63) is 59.2 Å². The number of para-hydroxylation sites is 1. The van der Waals surface area contributed by atoms with Gasteiger partial charge in [0.05, 0.1) is 11.6 Å². The summed E-state index contributed by atoms with van der Waals surface area (Å²) in [5, 5.41) is 19.4. The van der Waals surface area contributed by atoms with E-state index < -0.39 is 0 Å². The molecular weight excluding hydrogens is 266 g/mol. The number of benzene rings is 2. The molecule has 0 fully saturated rings. The van der Waals surface area contributed by atoms with Gasteiger partial charge in [0, 0.05) is 7.05 Å². The van der Waals surface area contributed by atoms with Gasteiger partial charge in [-0.25, -0.2) is 0 Å². The highest BCUT2D eigenvalue weighted by atomic mass is 16.3. The molecule has 0 heterocycles. The Labute approximate surface area is 123 Å². The van der Waals surface area contributed by atoms with Crippen LogP contribution < -0.4 is 0 Å². The van der Waals surface area contributed by atoms with Crippen molar-refractivity contribution < 1.29 is 15.0 Å². The Kier molecular flexibility index (Phi) is 3.29. The Morgan fingerprint density at radius 2 is 1.90 bits per heavy atom. The lowest BCUT2D eigenvalue weighted by atomic mass is 10.1. The molecule has 0 aliphatic heterocycles.